The lowest BCUT2D eigenvalue weighted by Gasteiger charge is -2.09. The van der Waals surface area contributed by atoms with Crippen LogP contribution in [0.2, 0.25) is 0 Å². The SMILES string of the molecule is CC(C)NC(=O)c1cnc(Nc2ccc(F)c(F)c2F)nc1. The highest BCUT2D eigenvalue weighted by molar-refractivity contribution is 5.93. The van der Waals surface area contributed by atoms with Crippen molar-refractivity contribution in [3.63, 3.8) is 0 Å². The van der Waals surface area contributed by atoms with Gasteiger partial charge in [-0.1, -0.05) is 0 Å². The summed E-state index contributed by atoms with van der Waals surface area (Å²) >= 11 is 0. The van der Waals surface area contributed by atoms with Gasteiger partial charge >= 0.3 is 0 Å². The Morgan fingerprint density at radius 2 is 1.73 bits per heavy atom. The molecule has 0 aliphatic rings. The maximum Gasteiger partial charge on any atom is 0.254 e. The van der Waals surface area contributed by atoms with Crippen LogP contribution in [0.5, 0.6) is 0 Å². The van der Waals surface area contributed by atoms with Gasteiger partial charge in [0.1, 0.15) is 0 Å². The maximum absolute atomic E-state index is 13.5. The molecule has 2 aromatic rings. The van der Waals surface area contributed by atoms with Gasteiger partial charge in [0.05, 0.1) is 11.3 Å². The Labute approximate surface area is 124 Å². The summed E-state index contributed by atoms with van der Waals surface area (Å²) in [6, 6.07) is 1.77. The first-order chi connectivity index (χ1) is 10.4. The summed E-state index contributed by atoms with van der Waals surface area (Å²) in [5.41, 5.74) is -0.0803. The normalized spacial score (nSPS) is 10.6. The predicted octanol–water partition coefficient (Wildman–Crippen LogP) is 2.78. The van der Waals surface area contributed by atoms with Crippen molar-refractivity contribution >= 4 is 17.5 Å². The van der Waals surface area contributed by atoms with Crippen LogP contribution in [0.1, 0.15) is 24.2 Å². The number of carbonyl (C=O) groups is 1. The van der Waals surface area contributed by atoms with Gasteiger partial charge in [-0.05, 0) is 26.0 Å². The van der Waals surface area contributed by atoms with E-state index in [0.717, 1.165) is 12.1 Å². The number of aromatic nitrogens is 2. The minimum absolute atomic E-state index is 0.0402. The fraction of sp³-hybridized carbons (Fsp3) is 0.214. The molecular weight excluding hydrogens is 297 g/mol. The molecule has 1 aromatic carbocycles. The summed E-state index contributed by atoms with van der Waals surface area (Å²) in [4.78, 5) is 19.4. The first-order valence-corrected chi connectivity index (χ1v) is 6.42. The summed E-state index contributed by atoms with van der Waals surface area (Å²) < 4.78 is 39.4. The largest absolute Gasteiger partial charge is 0.350 e. The molecule has 0 aliphatic heterocycles. The molecule has 0 atom stereocenters. The van der Waals surface area contributed by atoms with Gasteiger partial charge < -0.3 is 10.6 Å². The fourth-order valence-corrected chi connectivity index (χ4v) is 1.60. The predicted molar refractivity (Wildman–Crippen MR) is 74.2 cm³/mol. The summed E-state index contributed by atoms with van der Waals surface area (Å²) in [5.74, 6) is -4.64. The maximum atomic E-state index is 13.5. The minimum atomic E-state index is -1.59. The van der Waals surface area contributed by atoms with Crippen LogP contribution < -0.4 is 10.6 Å². The Kier molecular flexibility index (Phi) is 4.59. The van der Waals surface area contributed by atoms with Crippen LogP contribution in [-0.2, 0) is 0 Å². The van der Waals surface area contributed by atoms with Crippen molar-refractivity contribution < 1.29 is 18.0 Å². The summed E-state index contributed by atoms with van der Waals surface area (Å²) in [6.07, 6.45) is 2.48. The first kappa shape index (κ1) is 15.7. The van der Waals surface area contributed by atoms with E-state index >= 15 is 0 Å². The molecule has 1 amide bonds. The van der Waals surface area contributed by atoms with Crippen molar-refractivity contribution in [3.05, 3.63) is 47.5 Å². The molecule has 0 fully saturated rings. The third-order valence-corrected chi connectivity index (χ3v) is 2.62. The summed E-state index contributed by atoms with van der Waals surface area (Å²) in [7, 11) is 0. The second kappa shape index (κ2) is 6.42. The molecule has 1 aromatic heterocycles. The van der Waals surface area contributed by atoms with Gasteiger partial charge in [0.15, 0.2) is 17.5 Å². The van der Waals surface area contributed by atoms with E-state index in [4.69, 9.17) is 0 Å². The molecule has 8 heteroatoms. The molecule has 0 bridgehead atoms. The van der Waals surface area contributed by atoms with E-state index in [2.05, 4.69) is 20.6 Å². The molecule has 0 spiro atoms. The summed E-state index contributed by atoms with van der Waals surface area (Å²) in [5, 5.41) is 5.07. The molecule has 22 heavy (non-hydrogen) atoms. The molecule has 5 nitrogen and oxygen atoms in total. The molecule has 0 saturated heterocycles. The molecule has 0 unspecified atom stereocenters. The van der Waals surface area contributed by atoms with Crippen LogP contribution >= 0.6 is 0 Å². The van der Waals surface area contributed by atoms with Crippen LogP contribution in [0.25, 0.3) is 0 Å². The molecule has 0 saturated carbocycles. The third kappa shape index (κ3) is 3.51. The molecule has 2 rings (SSSR count). The quantitative estimate of drug-likeness (QED) is 0.852. The fourth-order valence-electron chi connectivity index (χ4n) is 1.60. The van der Waals surface area contributed by atoms with Gasteiger partial charge in [0.2, 0.25) is 5.95 Å². The zero-order valence-corrected chi connectivity index (χ0v) is 11.8. The molecule has 2 N–H and O–H groups in total. The lowest BCUT2D eigenvalue weighted by molar-refractivity contribution is 0.0942. The van der Waals surface area contributed by atoms with Gasteiger partial charge in [0.25, 0.3) is 5.91 Å². The number of anilines is 2. The standard InChI is InChI=1S/C14H13F3N4O/c1-7(2)20-13(22)8-5-18-14(19-6-8)21-10-4-3-9(15)11(16)12(10)17/h3-7H,1-2H3,(H,20,22)(H,18,19,21). The van der Waals surface area contributed by atoms with E-state index in [0.29, 0.717) is 0 Å². The molecule has 0 aliphatic carbocycles. The smallest absolute Gasteiger partial charge is 0.254 e. The number of rotatable bonds is 4. The van der Waals surface area contributed by atoms with Crippen molar-refractivity contribution in [2.24, 2.45) is 0 Å². The Balaban J connectivity index is 2.15. The number of hydrogen-bond donors (Lipinski definition) is 2. The Morgan fingerprint density at radius 3 is 2.32 bits per heavy atom. The summed E-state index contributed by atoms with van der Waals surface area (Å²) in [6.45, 7) is 3.61. The van der Waals surface area contributed by atoms with Crippen LogP contribution in [0.4, 0.5) is 24.8 Å². The average molecular weight is 310 g/mol. The van der Waals surface area contributed by atoms with Crippen molar-refractivity contribution in [2.75, 3.05) is 5.32 Å². The monoisotopic (exact) mass is 310 g/mol. The average Bonchev–Trinajstić information content (AvgIpc) is 2.48. The number of benzene rings is 1. The first-order valence-electron chi connectivity index (χ1n) is 6.42. The molecule has 0 radical (unpaired) electrons. The third-order valence-electron chi connectivity index (χ3n) is 2.62. The van der Waals surface area contributed by atoms with Gasteiger partial charge in [-0.3, -0.25) is 4.79 Å². The lowest BCUT2D eigenvalue weighted by Crippen LogP contribution is -2.30. The van der Waals surface area contributed by atoms with Crippen LogP contribution in [0, 0.1) is 17.5 Å². The van der Waals surface area contributed by atoms with E-state index in [-0.39, 0.29) is 29.1 Å². The molecular formula is C14H13F3N4O. The van der Waals surface area contributed by atoms with Crippen molar-refractivity contribution in [1.82, 2.24) is 15.3 Å². The number of hydrogen-bond acceptors (Lipinski definition) is 4. The van der Waals surface area contributed by atoms with Gasteiger partial charge in [0, 0.05) is 18.4 Å². The lowest BCUT2D eigenvalue weighted by atomic mass is 10.3. The van der Waals surface area contributed by atoms with Crippen molar-refractivity contribution in [2.45, 2.75) is 19.9 Å². The highest BCUT2D eigenvalue weighted by Crippen LogP contribution is 2.21. The number of nitrogens with one attached hydrogen (secondary N) is 2. The number of amides is 1. The highest BCUT2D eigenvalue weighted by atomic mass is 19.2. The van der Waals surface area contributed by atoms with Gasteiger partial charge in [-0.15, -0.1) is 0 Å². The molecule has 1 heterocycles. The van der Waals surface area contributed by atoms with E-state index < -0.39 is 17.5 Å². The Morgan fingerprint density at radius 1 is 1.09 bits per heavy atom. The number of carbonyl (C=O) groups excluding carboxylic acids is 1. The van der Waals surface area contributed by atoms with E-state index in [1.807, 2.05) is 0 Å². The minimum Gasteiger partial charge on any atom is -0.350 e. The number of nitrogens with zero attached hydrogens (tertiary/aromatic N) is 2. The van der Waals surface area contributed by atoms with E-state index in [1.165, 1.54) is 12.4 Å². The second-order valence-electron chi connectivity index (χ2n) is 4.77. The zero-order chi connectivity index (χ0) is 16.3. The van der Waals surface area contributed by atoms with Gasteiger partial charge in [-0.2, -0.15) is 0 Å². The van der Waals surface area contributed by atoms with Crippen molar-refractivity contribution in [3.8, 4) is 0 Å². The van der Waals surface area contributed by atoms with Crippen molar-refractivity contribution in [1.29, 1.82) is 0 Å². The van der Waals surface area contributed by atoms with E-state index in [9.17, 15) is 18.0 Å². The van der Waals surface area contributed by atoms with Crippen LogP contribution in [0.15, 0.2) is 24.5 Å². The van der Waals surface area contributed by atoms with Gasteiger partial charge in [-0.25, -0.2) is 23.1 Å². The van der Waals surface area contributed by atoms with Crippen LogP contribution in [0.3, 0.4) is 0 Å². The molecule has 116 valence electrons. The van der Waals surface area contributed by atoms with Crippen LogP contribution in [-0.4, -0.2) is 21.9 Å². The Hall–Kier alpha value is -2.64. The topological polar surface area (TPSA) is 66.9 Å². The second-order valence-corrected chi connectivity index (χ2v) is 4.77. The van der Waals surface area contributed by atoms with E-state index in [1.54, 1.807) is 13.8 Å². The number of halogens is 3. The highest BCUT2D eigenvalue weighted by Gasteiger charge is 2.14. The Bertz CT molecular complexity index is 689. The zero-order valence-electron chi connectivity index (χ0n) is 11.8.